The van der Waals surface area contributed by atoms with Gasteiger partial charge in [0.25, 0.3) is 0 Å². The summed E-state index contributed by atoms with van der Waals surface area (Å²) >= 11 is 0. The Hall–Kier alpha value is -2.81. The molecule has 2 aliphatic carbocycles. The molecule has 1 unspecified atom stereocenters. The zero-order chi connectivity index (χ0) is 31.6. The van der Waals surface area contributed by atoms with Crippen LogP contribution in [0.3, 0.4) is 0 Å². The van der Waals surface area contributed by atoms with Crippen LogP contribution in [-0.2, 0) is 6.42 Å². The summed E-state index contributed by atoms with van der Waals surface area (Å²) in [4.78, 5) is 0. The molecule has 0 aromatic heterocycles. The van der Waals surface area contributed by atoms with Crippen molar-refractivity contribution in [1.29, 1.82) is 0 Å². The standard InChI is InChI=1S/C42H53F3/c1-3-5-7-8-10-11-30-13-15-31(16-14-30)32-17-21-34(22-18-32)38-27-26-37(29-40(38)43)33-19-23-35(24-20-33)39-28-25-36(12-9-6-4-2)41(44)42(39)45/h19-21,23-32H,3-18,22H2,1-2H3. The summed E-state index contributed by atoms with van der Waals surface area (Å²) in [7, 11) is 0. The van der Waals surface area contributed by atoms with E-state index in [-0.39, 0.29) is 11.4 Å². The lowest BCUT2D eigenvalue weighted by Gasteiger charge is -2.35. The average molecular weight is 615 g/mol. The molecule has 0 saturated heterocycles. The lowest BCUT2D eigenvalue weighted by Crippen LogP contribution is -2.23. The number of benzene rings is 3. The first-order chi connectivity index (χ1) is 22.0. The Morgan fingerprint density at radius 3 is 1.96 bits per heavy atom. The molecule has 0 spiro atoms. The Morgan fingerprint density at radius 2 is 1.27 bits per heavy atom. The lowest BCUT2D eigenvalue weighted by molar-refractivity contribution is 0.187. The largest absolute Gasteiger partial charge is 0.206 e. The van der Waals surface area contributed by atoms with Crippen molar-refractivity contribution in [3.05, 3.63) is 89.3 Å². The van der Waals surface area contributed by atoms with E-state index in [9.17, 15) is 8.78 Å². The minimum Gasteiger partial charge on any atom is -0.206 e. The molecule has 45 heavy (non-hydrogen) atoms. The molecule has 0 nitrogen and oxygen atoms in total. The van der Waals surface area contributed by atoms with Gasteiger partial charge in [0.2, 0.25) is 0 Å². The molecule has 1 saturated carbocycles. The van der Waals surface area contributed by atoms with Crippen LogP contribution in [0, 0.1) is 35.2 Å². The first-order valence-electron chi connectivity index (χ1n) is 18.0. The third-order valence-corrected chi connectivity index (χ3v) is 10.8. The van der Waals surface area contributed by atoms with Crippen LogP contribution in [0.1, 0.15) is 128 Å². The van der Waals surface area contributed by atoms with Crippen LogP contribution in [0.4, 0.5) is 13.2 Å². The highest BCUT2D eigenvalue weighted by Gasteiger charge is 2.29. The number of rotatable bonds is 14. The first kappa shape index (κ1) is 33.6. The first-order valence-corrected chi connectivity index (χ1v) is 18.0. The van der Waals surface area contributed by atoms with Gasteiger partial charge in [0, 0.05) is 11.1 Å². The Kier molecular flexibility index (Phi) is 12.4. The molecule has 0 bridgehead atoms. The van der Waals surface area contributed by atoms with Gasteiger partial charge in [0.05, 0.1) is 0 Å². The van der Waals surface area contributed by atoms with Crippen molar-refractivity contribution in [2.45, 2.75) is 123 Å². The monoisotopic (exact) mass is 614 g/mol. The van der Waals surface area contributed by atoms with Gasteiger partial charge in [-0.1, -0.05) is 133 Å². The summed E-state index contributed by atoms with van der Waals surface area (Å²) in [6.07, 6.45) is 22.9. The second-order valence-electron chi connectivity index (χ2n) is 13.9. The summed E-state index contributed by atoms with van der Waals surface area (Å²) in [5.41, 5.74) is 4.82. The van der Waals surface area contributed by atoms with Gasteiger partial charge in [0.15, 0.2) is 11.6 Å². The SMILES string of the molecule is CCCCCCCC1CCC(C2CC=C(c3ccc(-c4ccc(-c5ccc(CCCCC)c(F)c5F)cc4)cc3F)CC2)CC1. The number of allylic oxidation sites excluding steroid dienone is 2. The molecular weight excluding hydrogens is 561 g/mol. The van der Waals surface area contributed by atoms with Crippen molar-refractivity contribution in [3.63, 3.8) is 0 Å². The molecule has 0 amide bonds. The third-order valence-electron chi connectivity index (χ3n) is 10.8. The molecule has 0 radical (unpaired) electrons. The molecule has 0 aliphatic heterocycles. The van der Waals surface area contributed by atoms with E-state index in [0.717, 1.165) is 78.5 Å². The Labute approximate surface area is 270 Å². The number of aryl methyl sites for hydroxylation is 1. The van der Waals surface area contributed by atoms with Crippen molar-refractivity contribution >= 4 is 5.57 Å². The van der Waals surface area contributed by atoms with E-state index in [1.807, 2.05) is 24.3 Å². The molecule has 3 heteroatoms. The fraction of sp³-hybridized carbons (Fsp3) is 0.524. The van der Waals surface area contributed by atoms with Crippen LogP contribution in [-0.4, -0.2) is 0 Å². The van der Waals surface area contributed by atoms with Crippen LogP contribution in [0.15, 0.2) is 60.7 Å². The van der Waals surface area contributed by atoms with Crippen molar-refractivity contribution in [2.75, 3.05) is 0 Å². The maximum absolute atomic E-state index is 15.4. The van der Waals surface area contributed by atoms with E-state index >= 15 is 4.39 Å². The molecule has 2 aliphatic rings. The normalized spacial score (nSPS) is 20.3. The number of halogens is 3. The average Bonchev–Trinajstić information content (AvgIpc) is 3.07. The fourth-order valence-electron chi connectivity index (χ4n) is 7.88. The number of unbranched alkanes of at least 4 members (excludes halogenated alkanes) is 6. The summed E-state index contributed by atoms with van der Waals surface area (Å²) in [6, 6.07) is 16.2. The molecule has 1 atom stereocenters. The Balaban J connectivity index is 1.16. The minimum atomic E-state index is -0.795. The highest BCUT2D eigenvalue weighted by atomic mass is 19.2. The molecule has 0 N–H and O–H groups in total. The van der Waals surface area contributed by atoms with Gasteiger partial charge in [0.1, 0.15) is 5.82 Å². The third kappa shape index (κ3) is 8.72. The second kappa shape index (κ2) is 16.7. The van der Waals surface area contributed by atoms with E-state index in [0.29, 0.717) is 17.5 Å². The molecule has 0 heterocycles. The smallest absolute Gasteiger partial charge is 0.166 e. The zero-order valence-corrected chi connectivity index (χ0v) is 27.7. The Morgan fingerprint density at radius 1 is 0.600 bits per heavy atom. The second-order valence-corrected chi connectivity index (χ2v) is 13.9. The maximum atomic E-state index is 15.4. The molecule has 242 valence electrons. The lowest BCUT2D eigenvalue weighted by atomic mass is 9.70. The predicted molar refractivity (Wildman–Crippen MR) is 185 cm³/mol. The quantitative estimate of drug-likeness (QED) is 0.158. The van der Waals surface area contributed by atoms with Crippen molar-refractivity contribution in [2.24, 2.45) is 17.8 Å². The number of hydrogen-bond acceptors (Lipinski definition) is 0. The molecule has 1 fully saturated rings. The molecule has 3 aromatic carbocycles. The van der Waals surface area contributed by atoms with Gasteiger partial charge in [-0.2, -0.15) is 0 Å². The highest BCUT2D eigenvalue weighted by molar-refractivity contribution is 5.74. The van der Waals surface area contributed by atoms with Crippen molar-refractivity contribution in [1.82, 2.24) is 0 Å². The Bertz CT molecular complexity index is 1390. The van der Waals surface area contributed by atoms with Gasteiger partial charge in [-0.05, 0) is 96.6 Å². The van der Waals surface area contributed by atoms with Crippen molar-refractivity contribution < 1.29 is 13.2 Å². The number of hydrogen-bond donors (Lipinski definition) is 0. The summed E-state index contributed by atoms with van der Waals surface area (Å²) in [5, 5.41) is 0. The summed E-state index contributed by atoms with van der Waals surface area (Å²) < 4.78 is 45.1. The van der Waals surface area contributed by atoms with Crippen LogP contribution < -0.4 is 0 Å². The highest BCUT2D eigenvalue weighted by Crippen LogP contribution is 2.43. The van der Waals surface area contributed by atoms with Crippen LogP contribution in [0.2, 0.25) is 0 Å². The summed E-state index contributed by atoms with van der Waals surface area (Å²) in [6.45, 7) is 4.38. The van der Waals surface area contributed by atoms with E-state index in [1.165, 1.54) is 64.2 Å². The van der Waals surface area contributed by atoms with Crippen LogP contribution in [0.5, 0.6) is 0 Å². The predicted octanol–water partition coefficient (Wildman–Crippen LogP) is 13.5. The van der Waals surface area contributed by atoms with E-state index in [4.69, 9.17) is 0 Å². The zero-order valence-electron chi connectivity index (χ0n) is 27.7. The van der Waals surface area contributed by atoms with Gasteiger partial charge >= 0.3 is 0 Å². The van der Waals surface area contributed by atoms with Crippen molar-refractivity contribution in [3.8, 4) is 22.3 Å². The molecule has 3 aromatic rings. The summed E-state index contributed by atoms with van der Waals surface area (Å²) in [5.74, 6) is 0.795. The topological polar surface area (TPSA) is 0 Å². The van der Waals surface area contributed by atoms with Gasteiger partial charge in [-0.25, -0.2) is 13.2 Å². The minimum absolute atomic E-state index is 0.188. The van der Waals surface area contributed by atoms with Gasteiger partial charge in [-0.15, -0.1) is 0 Å². The molecule has 5 rings (SSSR count). The van der Waals surface area contributed by atoms with E-state index in [1.54, 1.807) is 30.3 Å². The van der Waals surface area contributed by atoms with Gasteiger partial charge in [-0.3, -0.25) is 0 Å². The fourth-order valence-corrected chi connectivity index (χ4v) is 7.88. The van der Waals surface area contributed by atoms with E-state index < -0.39 is 11.6 Å². The van der Waals surface area contributed by atoms with Gasteiger partial charge < -0.3 is 0 Å². The van der Waals surface area contributed by atoms with Crippen LogP contribution >= 0.6 is 0 Å². The molecular formula is C42H53F3. The van der Waals surface area contributed by atoms with E-state index in [2.05, 4.69) is 19.9 Å². The maximum Gasteiger partial charge on any atom is 0.166 e. The van der Waals surface area contributed by atoms with Crippen LogP contribution in [0.25, 0.3) is 27.8 Å².